The number of benzene rings is 1. The summed E-state index contributed by atoms with van der Waals surface area (Å²) in [4.78, 5) is 5.39. The molecule has 2 rings (SSSR count). The third-order valence-corrected chi connectivity index (χ3v) is 3.71. The number of hydrogen-bond acceptors (Lipinski definition) is 4. The first-order valence-corrected chi connectivity index (χ1v) is 7.32. The second-order valence-electron chi connectivity index (χ2n) is 4.59. The zero-order chi connectivity index (χ0) is 13.8. The van der Waals surface area contributed by atoms with Gasteiger partial charge in [0.25, 0.3) is 0 Å². The summed E-state index contributed by atoms with van der Waals surface area (Å²) in [5.41, 5.74) is 1.20. The lowest BCUT2D eigenvalue weighted by molar-refractivity contribution is 0.584. The van der Waals surface area contributed by atoms with Crippen molar-refractivity contribution in [3.05, 3.63) is 34.6 Å². The van der Waals surface area contributed by atoms with Crippen LogP contribution in [-0.4, -0.2) is 21.2 Å². The minimum Gasteiger partial charge on any atom is -0.310 e. The maximum Gasteiger partial charge on any atom is 0.213 e. The summed E-state index contributed by atoms with van der Waals surface area (Å²) in [6, 6.07) is 6.35. The van der Waals surface area contributed by atoms with E-state index >= 15 is 0 Å². The second kappa shape index (κ2) is 6.41. The van der Waals surface area contributed by atoms with Crippen molar-refractivity contribution in [3.63, 3.8) is 0 Å². The molecule has 0 amide bonds. The standard InChI is InChI=1S/C13H17ClN4S/c1-8(2)15-7-10-4-5-11(14)6-12(10)19-13-16-9(3)17-18-13/h4-6,8,15H,7H2,1-3H3,(H,16,17,18). The van der Waals surface area contributed by atoms with Crippen molar-refractivity contribution in [3.8, 4) is 0 Å². The summed E-state index contributed by atoms with van der Waals surface area (Å²) in [5.74, 6) is 0.811. The van der Waals surface area contributed by atoms with Crippen LogP contribution in [0.2, 0.25) is 5.02 Å². The van der Waals surface area contributed by atoms with E-state index < -0.39 is 0 Å². The molecule has 0 aliphatic rings. The van der Waals surface area contributed by atoms with E-state index in [1.165, 1.54) is 17.3 Å². The molecule has 0 aliphatic carbocycles. The number of hydrogen-bond donors (Lipinski definition) is 2. The highest BCUT2D eigenvalue weighted by atomic mass is 35.5. The molecule has 0 atom stereocenters. The number of halogens is 1. The monoisotopic (exact) mass is 296 g/mol. The third kappa shape index (κ3) is 4.23. The molecule has 0 radical (unpaired) electrons. The van der Waals surface area contributed by atoms with Gasteiger partial charge in [0, 0.05) is 22.5 Å². The molecule has 0 aliphatic heterocycles. The van der Waals surface area contributed by atoms with E-state index in [0.29, 0.717) is 11.2 Å². The Morgan fingerprint density at radius 3 is 2.84 bits per heavy atom. The molecule has 0 saturated heterocycles. The number of H-pyrrole nitrogens is 1. The lowest BCUT2D eigenvalue weighted by Gasteiger charge is -2.11. The van der Waals surface area contributed by atoms with Gasteiger partial charge in [-0.15, -0.1) is 5.10 Å². The summed E-state index contributed by atoms with van der Waals surface area (Å²) in [6.45, 7) is 6.94. The molecular formula is C13H17ClN4S. The fraction of sp³-hybridized carbons (Fsp3) is 0.385. The van der Waals surface area contributed by atoms with Gasteiger partial charge in [0.2, 0.25) is 5.16 Å². The maximum atomic E-state index is 6.07. The Hall–Kier alpha value is -1.04. The van der Waals surface area contributed by atoms with E-state index in [2.05, 4.69) is 34.3 Å². The van der Waals surface area contributed by atoms with Gasteiger partial charge in [-0.1, -0.05) is 31.5 Å². The molecule has 1 aromatic carbocycles. The second-order valence-corrected chi connectivity index (χ2v) is 6.04. The Morgan fingerprint density at radius 2 is 2.21 bits per heavy atom. The van der Waals surface area contributed by atoms with Crippen LogP contribution < -0.4 is 5.32 Å². The van der Waals surface area contributed by atoms with E-state index in [9.17, 15) is 0 Å². The van der Waals surface area contributed by atoms with Crippen LogP contribution in [0.5, 0.6) is 0 Å². The Balaban J connectivity index is 2.19. The van der Waals surface area contributed by atoms with E-state index in [1.54, 1.807) is 0 Å². The van der Waals surface area contributed by atoms with Crippen LogP contribution >= 0.6 is 23.4 Å². The molecule has 0 saturated carbocycles. The summed E-state index contributed by atoms with van der Waals surface area (Å²) in [7, 11) is 0. The van der Waals surface area contributed by atoms with Gasteiger partial charge < -0.3 is 5.32 Å². The number of rotatable bonds is 5. The Kier molecular flexibility index (Phi) is 4.85. The lowest BCUT2D eigenvalue weighted by Crippen LogP contribution is -2.22. The van der Waals surface area contributed by atoms with Crippen LogP contribution in [-0.2, 0) is 6.54 Å². The zero-order valence-corrected chi connectivity index (χ0v) is 12.8. The van der Waals surface area contributed by atoms with Crippen molar-refractivity contribution in [1.29, 1.82) is 0 Å². The largest absolute Gasteiger partial charge is 0.310 e. The van der Waals surface area contributed by atoms with Crippen molar-refractivity contribution in [2.75, 3.05) is 0 Å². The highest BCUT2D eigenvalue weighted by Gasteiger charge is 2.09. The van der Waals surface area contributed by atoms with Crippen molar-refractivity contribution < 1.29 is 0 Å². The van der Waals surface area contributed by atoms with E-state index in [-0.39, 0.29) is 0 Å². The maximum absolute atomic E-state index is 6.07. The predicted molar refractivity (Wildman–Crippen MR) is 78.7 cm³/mol. The van der Waals surface area contributed by atoms with Crippen molar-refractivity contribution >= 4 is 23.4 Å². The minimum atomic E-state index is 0.444. The Bertz CT molecular complexity index is 553. The van der Waals surface area contributed by atoms with Crippen LogP contribution in [0.3, 0.4) is 0 Å². The molecule has 1 heterocycles. The number of aromatic nitrogens is 3. The highest BCUT2D eigenvalue weighted by Crippen LogP contribution is 2.30. The summed E-state index contributed by atoms with van der Waals surface area (Å²) >= 11 is 7.59. The Morgan fingerprint density at radius 1 is 1.42 bits per heavy atom. The molecule has 6 heteroatoms. The first-order chi connectivity index (χ1) is 9.04. The van der Waals surface area contributed by atoms with Gasteiger partial charge >= 0.3 is 0 Å². The molecule has 1 aromatic heterocycles. The van der Waals surface area contributed by atoms with Gasteiger partial charge in [0.1, 0.15) is 5.82 Å². The average Bonchev–Trinajstić information content (AvgIpc) is 2.73. The average molecular weight is 297 g/mol. The highest BCUT2D eigenvalue weighted by molar-refractivity contribution is 7.99. The molecule has 0 unspecified atom stereocenters. The number of nitrogens with one attached hydrogen (secondary N) is 2. The summed E-state index contributed by atoms with van der Waals surface area (Å²) < 4.78 is 0. The van der Waals surface area contributed by atoms with Gasteiger partial charge in [-0.2, -0.15) is 0 Å². The molecule has 0 spiro atoms. The quantitative estimate of drug-likeness (QED) is 0.888. The molecule has 0 fully saturated rings. The third-order valence-electron chi connectivity index (χ3n) is 2.51. The zero-order valence-electron chi connectivity index (χ0n) is 11.2. The molecule has 102 valence electrons. The van der Waals surface area contributed by atoms with E-state index in [1.807, 2.05) is 25.1 Å². The van der Waals surface area contributed by atoms with Gasteiger partial charge in [-0.05, 0) is 36.4 Å². The topological polar surface area (TPSA) is 53.6 Å². The fourth-order valence-corrected chi connectivity index (χ4v) is 2.71. The number of nitrogens with zero attached hydrogens (tertiary/aromatic N) is 2. The van der Waals surface area contributed by atoms with Gasteiger partial charge in [-0.3, -0.25) is 5.10 Å². The molecule has 19 heavy (non-hydrogen) atoms. The summed E-state index contributed by atoms with van der Waals surface area (Å²) in [5, 5.41) is 11.8. The van der Waals surface area contributed by atoms with Gasteiger partial charge in [-0.25, -0.2) is 4.98 Å². The van der Waals surface area contributed by atoms with Crippen molar-refractivity contribution in [1.82, 2.24) is 20.5 Å². The number of aromatic amines is 1. The lowest BCUT2D eigenvalue weighted by atomic mass is 10.2. The fourth-order valence-electron chi connectivity index (χ4n) is 1.55. The van der Waals surface area contributed by atoms with Gasteiger partial charge in [0.15, 0.2) is 0 Å². The van der Waals surface area contributed by atoms with Gasteiger partial charge in [0.05, 0.1) is 0 Å². The first-order valence-electron chi connectivity index (χ1n) is 6.13. The molecular weight excluding hydrogens is 280 g/mol. The minimum absolute atomic E-state index is 0.444. The molecule has 2 aromatic rings. The number of aryl methyl sites for hydroxylation is 1. The Labute approximate surface area is 122 Å². The van der Waals surface area contributed by atoms with Crippen molar-refractivity contribution in [2.45, 2.75) is 43.4 Å². The smallest absolute Gasteiger partial charge is 0.213 e. The van der Waals surface area contributed by atoms with Crippen LogP contribution in [0.4, 0.5) is 0 Å². The summed E-state index contributed by atoms with van der Waals surface area (Å²) in [6.07, 6.45) is 0. The van der Waals surface area contributed by atoms with Crippen LogP contribution in [0.15, 0.2) is 28.3 Å². The van der Waals surface area contributed by atoms with E-state index in [0.717, 1.165) is 22.3 Å². The molecule has 2 N–H and O–H groups in total. The first kappa shape index (κ1) is 14.4. The SMILES string of the molecule is Cc1nc(Sc2cc(Cl)ccc2CNC(C)C)n[nH]1. The normalized spacial score (nSPS) is 11.2. The van der Waals surface area contributed by atoms with Crippen molar-refractivity contribution in [2.24, 2.45) is 0 Å². The van der Waals surface area contributed by atoms with E-state index in [4.69, 9.17) is 11.6 Å². The predicted octanol–water partition coefficient (Wildman–Crippen LogP) is 3.42. The van der Waals surface area contributed by atoms with Crippen LogP contribution in [0.1, 0.15) is 25.2 Å². The molecule has 0 bridgehead atoms. The van der Waals surface area contributed by atoms with Crippen LogP contribution in [0, 0.1) is 6.92 Å². The molecule has 4 nitrogen and oxygen atoms in total. The van der Waals surface area contributed by atoms with Crippen LogP contribution in [0.25, 0.3) is 0 Å².